The molecule has 5 heteroatoms. The molecule has 0 amide bonds. The maximum atomic E-state index is 4.82. The number of fused-ring (bicyclic) bond motifs is 1. The third kappa shape index (κ3) is 3.57. The van der Waals surface area contributed by atoms with Crippen molar-refractivity contribution in [2.45, 2.75) is 45.4 Å². The van der Waals surface area contributed by atoms with E-state index in [1.807, 2.05) is 0 Å². The van der Waals surface area contributed by atoms with Crippen molar-refractivity contribution in [1.29, 1.82) is 0 Å². The van der Waals surface area contributed by atoms with Crippen molar-refractivity contribution >= 4 is 5.95 Å². The molecule has 1 aromatic heterocycles. The Hall–Kier alpha value is -1.20. The average molecular weight is 329 g/mol. The molecule has 2 aliphatic carbocycles. The van der Waals surface area contributed by atoms with Crippen LogP contribution in [-0.2, 0) is 12.8 Å². The molecule has 24 heavy (non-hydrogen) atoms. The van der Waals surface area contributed by atoms with Crippen LogP contribution >= 0.6 is 0 Å². The first-order valence-corrected chi connectivity index (χ1v) is 9.65. The number of hydrogen-bond donors (Lipinski definition) is 1. The number of aromatic nitrogens is 2. The number of aryl methyl sites for hydroxylation is 2. The van der Waals surface area contributed by atoms with Gasteiger partial charge in [0.05, 0.1) is 0 Å². The fourth-order valence-corrected chi connectivity index (χ4v) is 4.18. The van der Waals surface area contributed by atoms with Crippen molar-refractivity contribution in [3.8, 4) is 0 Å². The average Bonchev–Trinajstić information content (AvgIpc) is 3.35. The molecule has 5 nitrogen and oxygen atoms in total. The van der Waals surface area contributed by atoms with Crippen LogP contribution in [0.2, 0.25) is 0 Å². The van der Waals surface area contributed by atoms with Crippen LogP contribution in [0.1, 0.15) is 42.6 Å². The molecule has 0 radical (unpaired) electrons. The maximum absolute atomic E-state index is 4.82. The Morgan fingerprint density at radius 1 is 1.04 bits per heavy atom. The third-order valence-corrected chi connectivity index (χ3v) is 6.12. The first-order chi connectivity index (χ1) is 11.6. The van der Waals surface area contributed by atoms with Gasteiger partial charge in [0, 0.05) is 56.1 Å². The van der Waals surface area contributed by atoms with E-state index in [1.54, 1.807) is 0 Å². The van der Waals surface area contributed by atoms with E-state index in [0.29, 0.717) is 5.41 Å². The summed E-state index contributed by atoms with van der Waals surface area (Å²) in [5.74, 6) is 0.859. The number of hydrogen-bond acceptors (Lipinski definition) is 5. The van der Waals surface area contributed by atoms with Gasteiger partial charge in [-0.25, -0.2) is 9.97 Å². The van der Waals surface area contributed by atoms with Crippen LogP contribution in [0.4, 0.5) is 5.95 Å². The minimum absolute atomic E-state index is 0.461. The molecule has 1 saturated heterocycles. The second-order valence-corrected chi connectivity index (χ2v) is 8.20. The molecule has 4 rings (SSSR count). The summed E-state index contributed by atoms with van der Waals surface area (Å²) in [6.45, 7) is 9.25. The van der Waals surface area contributed by atoms with Crippen molar-refractivity contribution in [2.75, 3.05) is 51.6 Å². The Labute approximate surface area is 145 Å². The number of anilines is 1. The molecule has 132 valence electrons. The largest absolute Gasteiger partial charge is 0.354 e. The SMILES string of the molecule is Cc1nc(NCC2(CN3CCN(C)CC3)CC2)nc2c1CCCC2. The number of nitrogens with one attached hydrogen (secondary N) is 1. The molecular weight excluding hydrogens is 298 g/mol. The lowest BCUT2D eigenvalue weighted by atomic mass is 9.95. The van der Waals surface area contributed by atoms with Gasteiger partial charge >= 0.3 is 0 Å². The van der Waals surface area contributed by atoms with Crippen LogP contribution in [0.15, 0.2) is 0 Å². The van der Waals surface area contributed by atoms with Crippen LogP contribution in [0.3, 0.4) is 0 Å². The quantitative estimate of drug-likeness (QED) is 0.896. The summed E-state index contributed by atoms with van der Waals surface area (Å²) in [6.07, 6.45) is 7.54. The van der Waals surface area contributed by atoms with E-state index in [4.69, 9.17) is 9.97 Å². The maximum Gasteiger partial charge on any atom is 0.223 e. The van der Waals surface area contributed by atoms with Gasteiger partial charge in [-0.05, 0) is 58.1 Å². The molecule has 0 unspecified atom stereocenters. The Balaban J connectivity index is 1.35. The van der Waals surface area contributed by atoms with E-state index in [-0.39, 0.29) is 0 Å². The van der Waals surface area contributed by atoms with Gasteiger partial charge in [-0.3, -0.25) is 0 Å². The van der Waals surface area contributed by atoms with Crippen molar-refractivity contribution in [3.05, 3.63) is 17.0 Å². The van der Waals surface area contributed by atoms with E-state index in [9.17, 15) is 0 Å². The Kier molecular flexibility index (Phi) is 4.48. The predicted molar refractivity (Wildman–Crippen MR) is 97.5 cm³/mol. The summed E-state index contributed by atoms with van der Waals surface area (Å²) in [7, 11) is 2.22. The minimum Gasteiger partial charge on any atom is -0.354 e. The summed E-state index contributed by atoms with van der Waals surface area (Å²) in [5, 5.41) is 3.58. The normalized spacial score (nSPS) is 23.8. The first-order valence-electron chi connectivity index (χ1n) is 9.65. The highest BCUT2D eigenvalue weighted by molar-refractivity contribution is 5.36. The monoisotopic (exact) mass is 329 g/mol. The molecule has 1 saturated carbocycles. The number of rotatable bonds is 5. The van der Waals surface area contributed by atoms with Crippen molar-refractivity contribution in [2.24, 2.45) is 5.41 Å². The number of nitrogens with zero attached hydrogens (tertiary/aromatic N) is 4. The van der Waals surface area contributed by atoms with Crippen LogP contribution in [0.25, 0.3) is 0 Å². The Morgan fingerprint density at radius 3 is 2.54 bits per heavy atom. The fraction of sp³-hybridized carbons (Fsp3) is 0.789. The lowest BCUT2D eigenvalue weighted by Gasteiger charge is -2.35. The van der Waals surface area contributed by atoms with Crippen molar-refractivity contribution < 1.29 is 0 Å². The second-order valence-electron chi connectivity index (χ2n) is 8.20. The van der Waals surface area contributed by atoms with Crippen LogP contribution in [0.5, 0.6) is 0 Å². The highest BCUT2D eigenvalue weighted by Gasteiger charge is 2.44. The topological polar surface area (TPSA) is 44.3 Å². The molecule has 1 N–H and O–H groups in total. The molecule has 0 spiro atoms. The zero-order chi connectivity index (χ0) is 16.6. The summed E-state index contributed by atoms with van der Waals surface area (Å²) in [4.78, 5) is 14.6. The van der Waals surface area contributed by atoms with Crippen molar-refractivity contribution in [3.63, 3.8) is 0 Å². The van der Waals surface area contributed by atoms with Gasteiger partial charge in [-0.15, -0.1) is 0 Å². The van der Waals surface area contributed by atoms with E-state index >= 15 is 0 Å². The molecule has 0 bridgehead atoms. The van der Waals surface area contributed by atoms with Gasteiger partial charge in [0.15, 0.2) is 0 Å². The van der Waals surface area contributed by atoms with Gasteiger partial charge in [0.25, 0.3) is 0 Å². The fourth-order valence-electron chi connectivity index (χ4n) is 4.18. The van der Waals surface area contributed by atoms with Gasteiger partial charge in [-0.2, -0.15) is 0 Å². The van der Waals surface area contributed by atoms with E-state index < -0.39 is 0 Å². The van der Waals surface area contributed by atoms with Crippen LogP contribution in [0, 0.1) is 12.3 Å². The van der Waals surface area contributed by atoms with E-state index in [2.05, 4.69) is 29.1 Å². The summed E-state index contributed by atoms with van der Waals surface area (Å²) < 4.78 is 0. The zero-order valence-electron chi connectivity index (χ0n) is 15.3. The highest BCUT2D eigenvalue weighted by Crippen LogP contribution is 2.46. The van der Waals surface area contributed by atoms with E-state index in [0.717, 1.165) is 25.3 Å². The van der Waals surface area contributed by atoms with Crippen LogP contribution in [-0.4, -0.2) is 66.1 Å². The second kappa shape index (κ2) is 6.60. The number of piperazine rings is 1. The third-order valence-electron chi connectivity index (χ3n) is 6.12. The summed E-state index contributed by atoms with van der Waals surface area (Å²) in [5.41, 5.74) is 4.35. The van der Waals surface area contributed by atoms with Gasteiger partial charge in [0.1, 0.15) is 0 Å². The molecule has 2 heterocycles. The zero-order valence-corrected chi connectivity index (χ0v) is 15.3. The van der Waals surface area contributed by atoms with Gasteiger partial charge in [0.2, 0.25) is 5.95 Å². The molecule has 0 atom stereocenters. The number of likely N-dealkylation sites (N-methyl/N-ethyl adjacent to an activating group) is 1. The molecule has 1 aliphatic heterocycles. The van der Waals surface area contributed by atoms with Gasteiger partial charge in [-0.1, -0.05) is 0 Å². The predicted octanol–water partition coefficient (Wildman–Crippen LogP) is 2.10. The van der Waals surface area contributed by atoms with Gasteiger partial charge < -0.3 is 15.1 Å². The molecule has 0 aromatic carbocycles. The van der Waals surface area contributed by atoms with Crippen molar-refractivity contribution in [1.82, 2.24) is 19.8 Å². The summed E-state index contributed by atoms with van der Waals surface area (Å²) >= 11 is 0. The Bertz CT molecular complexity index is 588. The minimum atomic E-state index is 0.461. The molecule has 1 aromatic rings. The molecule has 3 aliphatic rings. The van der Waals surface area contributed by atoms with E-state index in [1.165, 1.54) is 75.4 Å². The highest BCUT2D eigenvalue weighted by atomic mass is 15.3. The standard InChI is InChI=1S/C19H31N5/c1-15-16-5-3-4-6-17(16)22-18(21-15)20-13-19(7-8-19)14-24-11-9-23(2)10-12-24/h3-14H2,1-2H3,(H,20,21,22). The molecular formula is C19H31N5. The Morgan fingerprint density at radius 2 is 1.79 bits per heavy atom. The first kappa shape index (κ1) is 16.3. The lowest BCUT2D eigenvalue weighted by molar-refractivity contribution is 0.133. The smallest absolute Gasteiger partial charge is 0.223 e. The van der Waals surface area contributed by atoms with Crippen LogP contribution < -0.4 is 5.32 Å². The molecule has 2 fully saturated rings. The lowest BCUT2D eigenvalue weighted by Crippen LogP contribution is -2.47. The summed E-state index contributed by atoms with van der Waals surface area (Å²) in [6, 6.07) is 0.